The lowest BCUT2D eigenvalue weighted by Crippen LogP contribution is -2.21. The Hall–Kier alpha value is -2.57. The van der Waals surface area contributed by atoms with Crippen LogP contribution in [0.2, 0.25) is 0 Å². The highest BCUT2D eigenvalue weighted by molar-refractivity contribution is 7.13. The van der Waals surface area contributed by atoms with Gasteiger partial charge in [0.05, 0.1) is 22.6 Å². The predicted molar refractivity (Wildman–Crippen MR) is 115 cm³/mol. The second-order valence-corrected chi connectivity index (χ2v) is 8.49. The lowest BCUT2D eigenvalue weighted by Gasteiger charge is -2.20. The SMILES string of the molecule is Cc1cccc2cc(CN(C)Cc3nncn3C(C)C)c(-c3cccs3)nc12. The molecule has 3 aromatic heterocycles. The summed E-state index contributed by atoms with van der Waals surface area (Å²) in [6, 6.07) is 13.2. The Kier molecular flexibility index (Phi) is 5.24. The second-order valence-electron chi connectivity index (χ2n) is 7.54. The van der Waals surface area contributed by atoms with E-state index < -0.39 is 0 Å². The first kappa shape index (κ1) is 18.8. The molecule has 0 fully saturated rings. The van der Waals surface area contributed by atoms with Gasteiger partial charge in [-0.1, -0.05) is 24.3 Å². The maximum Gasteiger partial charge on any atom is 0.147 e. The lowest BCUT2D eigenvalue weighted by atomic mass is 10.0. The molecule has 0 radical (unpaired) electrons. The van der Waals surface area contributed by atoms with Gasteiger partial charge in [-0.15, -0.1) is 21.5 Å². The first-order valence-corrected chi connectivity index (χ1v) is 10.4. The van der Waals surface area contributed by atoms with Gasteiger partial charge in [0.1, 0.15) is 12.2 Å². The van der Waals surface area contributed by atoms with Crippen molar-refractivity contribution in [3.63, 3.8) is 0 Å². The normalized spacial score (nSPS) is 11.8. The zero-order valence-corrected chi connectivity index (χ0v) is 17.6. The number of rotatable bonds is 6. The summed E-state index contributed by atoms with van der Waals surface area (Å²) in [5.74, 6) is 0.986. The fraction of sp³-hybridized carbons (Fsp3) is 0.318. The summed E-state index contributed by atoms with van der Waals surface area (Å²) in [6.45, 7) is 7.97. The maximum atomic E-state index is 5.06. The van der Waals surface area contributed by atoms with Crippen molar-refractivity contribution in [3.8, 4) is 10.6 Å². The summed E-state index contributed by atoms with van der Waals surface area (Å²) in [6.07, 6.45) is 1.81. The smallest absolute Gasteiger partial charge is 0.147 e. The quantitative estimate of drug-likeness (QED) is 0.460. The minimum Gasteiger partial charge on any atom is -0.314 e. The molecule has 0 saturated carbocycles. The average Bonchev–Trinajstić information content (AvgIpc) is 3.33. The van der Waals surface area contributed by atoms with Crippen molar-refractivity contribution in [2.75, 3.05) is 7.05 Å². The molecule has 0 spiro atoms. The van der Waals surface area contributed by atoms with E-state index in [2.05, 4.69) is 89.3 Å². The van der Waals surface area contributed by atoms with Crippen LogP contribution in [0.4, 0.5) is 0 Å². The maximum absolute atomic E-state index is 5.06. The Morgan fingerprint density at radius 1 is 1.14 bits per heavy atom. The van der Waals surface area contributed by atoms with Crippen LogP contribution in [0.25, 0.3) is 21.5 Å². The monoisotopic (exact) mass is 391 g/mol. The van der Waals surface area contributed by atoms with Crippen LogP contribution < -0.4 is 0 Å². The highest BCUT2D eigenvalue weighted by Crippen LogP contribution is 2.31. The molecule has 0 saturated heterocycles. The van der Waals surface area contributed by atoms with Crippen molar-refractivity contribution in [3.05, 3.63) is 65.1 Å². The molecule has 1 aromatic carbocycles. The van der Waals surface area contributed by atoms with Crippen molar-refractivity contribution in [1.82, 2.24) is 24.6 Å². The third kappa shape index (κ3) is 3.70. The molecule has 0 aliphatic rings. The molecular formula is C22H25N5S. The number of nitrogens with zero attached hydrogens (tertiary/aromatic N) is 5. The standard InChI is InChI=1S/C22H25N5S/c1-15(2)27-14-23-25-20(27)13-26(4)12-18-11-17-8-5-7-16(3)21(17)24-22(18)19-9-6-10-28-19/h5-11,14-15H,12-13H2,1-4H3. The molecule has 6 heteroatoms. The van der Waals surface area contributed by atoms with E-state index in [1.54, 1.807) is 11.3 Å². The van der Waals surface area contributed by atoms with E-state index in [4.69, 9.17) is 4.98 Å². The van der Waals surface area contributed by atoms with Gasteiger partial charge in [-0.2, -0.15) is 0 Å². The highest BCUT2D eigenvalue weighted by atomic mass is 32.1. The van der Waals surface area contributed by atoms with Crippen LogP contribution in [-0.4, -0.2) is 31.7 Å². The molecule has 28 heavy (non-hydrogen) atoms. The van der Waals surface area contributed by atoms with Crippen molar-refractivity contribution < 1.29 is 0 Å². The number of fused-ring (bicyclic) bond motifs is 1. The number of benzene rings is 1. The van der Waals surface area contributed by atoms with Crippen LogP contribution in [0.15, 0.2) is 48.1 Å². The third-order valence-electron chi connectivity index (χ3n) is 4.94. The molecule has 0 unspecified atom stereocenters. The molecule has 5 nitrogen and oxygen atoms in total. The van der Waals surface area contributed by atoms with Crippen molar-refractivity contribution >= 4 is 22.2 Å². The Bertz CT molecular complexity index is 1080. The molecule has 144 valence electrons. The number of hydrogen-bond donors (Lipinski definition) is 0. The Balaban J connectivity index is 1.69. The van der Waals surface area contributed by atoms with Crippen molar-refractivity contribution in [2.24, 2.45) is 0 Å². The number of hydrogen-bond acceptors (Lipinski definition) is 5. The summed E-state index contributed by atoms with van der Waals surface area (Å²) in [5, 5.41) is 11.7. The Morgan fingerprint density at radius 3 is 2.75 bits per heavy atom. The number of aryl methyl sites for hydroxylation is 1. The number of pyridine rings is 1. The van der Waals surface area contributed by atoms with Crippen LogP contribution >= 0.6 is 11.3 Å². The van der Waals surface area contributed by atoms with E-state index >= 15 is 0 Å². The molecule has 0 atom stereocenters. The van der Waals surface area contributed by atoms with Crippen molar-refractivity contribution in [2.45, 2.75) is 39.9 Å². The fourth-order valence-electron chi connectivity index (χ4n) is 3.54. The van der Waals surface area contributed by atoms with E-state index in [1.165, 1.54) is 21.4 Å². The van der Waals surface area contributed by atoms with Gasteiger partial charge < -0.3 is 4.57 Å². The number of thiophene rings is 1. The van der Waals surface area contributed by atoms with Gasteiger partial charge in [0.15, 0.2) is 0 Å². The van der Waals surface area contributed by atoms with Gasteiger partial charge >= 0.3 is 0 Å². The predicted octanol–water partition coefficient (Wildman–Crippen LogP) is 5.08. The van der Waals surface area contributed by atoms with Gasteiger partial charge in [-0.3, -0.25) is 4.90 Å². The van der Waals surface area contributed by atoms with Crippen LogP contribution in [0, 0.1) is 6.92 Å². The topological polar surface area (TPSA) is 46.8 Å². The van der Waals surface area contributed by atoms with Crippen LogP contribution in [0.5, 0.6) is 0 Å². The Labute approximate surface area is 169 Å². The molecule has 4 aromatic rings. The van der Waals surface area contributed by atoms with E-state index in [9.17, 15) is 0 Å². The van der Waals surface area contributed by atoms with Gasteiger partial charge in [-0.25, -0.2) is 4.98 Å². The van der Waals surface area contributed by atoms with E-state index in [-0.39, 0.29) is 0 Å². The van der Waals surface area contributed by atoms with E-state index in [1.807, 2.05) is 6.33 Å². The number of aromatic nitrogens is 4. The third-order valence-corrected chi connectivity index (χ3v) is 5.81. The summed E-state index contributed by atoms with van der Waals surface area (Å²) in [4.78, 5) is 8.55. The summed E-state index contributed by atoms with van der Waals surface area (Å²) in [5.41, 5.74) is 4.60. The molecule has 0 N–H and O–H groups in total. The summed E-state index contributed by atoms with van der Waals surface area (Å²) >= 11 is 1.74. The van der Waals surface area contributed by atoms with E-state index in [0.29, 0.717) is 6.04 Å². The second kappa shape index (κ2) is 7.81. The zero-order chi connectivity index (χ0) is 19.7. The van der Waals surface area contributed by atoms with Crippen molar-refractivity contribution in [1.29, 1.82) is 0 Å². The van der Waals surface area contributed by atoms with Gasteiger partial charge in [0.2, 0.25) is 0 Å². The minimum atomic E-state index is 0.352. The average molecular weight is 392 g/mol. The lowest BCUT2D eigenvalue weighted by molar-refractivity contribution is 0.302. The van der Waals surface area contributed by atoms with Crippen LogP contribution in [0.1, 0.15) is 36.8 Å². The molecule has 4 rings (SSSR count). The van der Waals surface area contributed by atoms with Crippen LogP contribution in [0.3, 0.4) is 0 Å². The van der Waals surface area contributed by atoms with Gasteiger partial charge in [0, 0.05) is 18.0 Å². The molecule has 3 heterocycles. The minimum absolute atomic E-state index is 0.352. The fourth-order valence-corrected chi connectivity index (χ4v) is 4.29. The first-order valence-electron chi connectivity index (χ1n) is 9.53. The molecular weight excluding hydrogens is 366 g/mol. The first-order chi connectivity index (χ1) is 13.5. The largest absolute Gasteiger partial charge is 0.314 e. The Morgan fingerprint density at radius 2 is 2.00 bits per heavy atom. The van der Waals surface area contributed by atoms with E-state index in [0.717, 1.165) is 30.1 Å². The molecule has 0 aliphatic carbocycles. The van der Waals surface area contributed by atoms with Gasteiger partial charge in [0.25, 0.3) is 0 Å². The molecule has 0 bridgehead atoms. The molecule has 0 amide bonds. The van der Waals surface area contributed by atoms with Gasteiger partial charge in [-0.05, 0) is 56.5 Å². The summed E-state index contributed by atoms with van der Waals surface area (Å²) < 4.78 is 2.12. The number of para-hydroxylation sites is 1. The summed E-state index contributed by atoms with van der Waals surface area (Å²) in [7, 11) is 2.12. The highest BCUT2D eigenvalue weighted by Gasteiger charge is 2.15. The molecule has 0 aliphatic heterocycles. The van der Waals surface area contributed by atoms with Crippen LogP contribution in [-0.2, 0) is 13.1 Å². The zero-order valence-electron chi connectivity index (χ0n) is 16.8.